The van der Waals surface area contributed by atoms with Crippen molar-refractivity contribution in [2.75, 3.05) is 0 Å². The number of benzene rings is 2. The molecule has 92 valence electrons. The summed E-state index contributed by atoms with van der Waals surface area (Å²) in [5.41, 5.74) is 0.333. The average Bonchev–Trinajstić information content (AvgIpc) is 2.35. The van der Waals surface area contributed by atoms with Crippen molar-refractivity contribution in [3.63, 3.8) is 0 Å². The van der Waals surface area contributed by atoms with Crippen LogP contribution in [0.3, 0.4) is 0 Å². The highest BCUT2D eigenvalue weighted by Gasteiger charge is 2.10. The monoisotopic (exact) mass is 300 g/mol. The Morgan fingerprint density at radius 3 is 2.17 bits per heavy atom. The minimum Gasteiger partial charge on any atom is -0.423 e. The maximum absolute atomic E-state index is 11.8. The number of carbonyl (C=O) groups excluding carboxylic acids is 1. The van der Waals surface area contributed by atoms with Gasteiger partial charge >= 0.3 is 5.97 Å². The molecule has 0 aromatic heterocycles. The summed E-state index contributed by atoms with van der Waals surface area (Å²) in [6.07, 6.45) is 0. The van der Waals surface area contributed by atoms with Crippen LogP contribution in [0.15, 0.2) is 42.5 Å². The van der Waals surface area contributed by atoms with E-state index in [1.165, 1.54) is 6.07 Å². The molecule has 2 aromatic rings. The third-order valence-electron chi connectivity index (χ3n) is 2.18. The molecule has 0 aliphatic rings. The van der Waals surface area contributed by atoms with E-state index in [9.17, 15) is 4.79 Å². The minimum atomic E-state index is -0.504. The van der Waals surface area contributed by atoms with Crippen LogP contribution in [0.2, 0.25) is 15.1 Å². The highest BCUT2D eigenvalue weighted by molar-refractivity contribution is 6.42. The molecule has 0 atom stereocenters. The van der Waals surface area contributed by atoms with Gasteiger partial charge in [-0.1, -0.05) is 34.8 Å². The van der Waals surface area contributed by atoms with Crippen LogP contribution in [0, 0.1) is 0 Å². The second-order valence-corrected chi connectivity index (χ2v) is 4.72. The lowest BCUT2D eigenvalue weighted by atomic mass is 10.2. The van der Waals surface area contributed by atoms with Crippen LogP contribution in [0.5, 0.6) is 5.75 Å². The predicted octanol–water partition coefficient (Wildman–Crippen LogP) is 4.87. The summed E-state index contributed by atoms with van der Waals surface area (Å²) < 4.78 is 5.15. The molecule has 0 radical (unpaired) electrons. The number of hydrogen-bond donors (Lipinski definition) is 0. The zero-order valence-corrected chi connectivity index (χ0v) is 11.3. The van der Waals surface area contributed by atoms with E-state index >= 15 is 0 Å². The van der Waals surface area contributed by atoms with Crippen molar-refractivity contribution in [1.29, 1.82) is 0 Å². The quantitative estimate of drug-likeness (QED) is 0.584. The van der Waals surface area contributed by atoms with E-state index in [4.69, 9.17) is 39.5 Å². The SMILES string of the molecule is O=C(Oc1ccc(Cl)cc1)c1ccc(Cl)c(Cl)c1. The largest absolute Gasteiger partial charge is 0.423 e. The average molecular weight is 302 g/mol. The van der Waals surface area contributed by atoms with Crippen LogP contribution >= 0.6 is 34.8 Å². The molecule has 2 aromatic carbocycles. The van der Waals surface area contributed by atoms with Crippen molar-refractivity contribution in [1.82, 2.24) is 0 Å². The van der Waals surface area contributed by atoms with Gasteiger partial charge in [-0.15, -0.1) is 0 Å². The van der Waals surface area contributed by atoms with Gasteiger partial charge in [-0.3, -0.25) is 0 Å². The summed E-state index contributed by atoms with van der Waals surface area (Å²) >= 11 is 17.3. The molecular formula is C13H7Cl3O2. The van der Waals surface area contributed by atoms with Gasteiger partial charge in [0.15, 0.2) is 0 Å². The fraction of sp³-hybridized carbons (Fsp3) is 0. The second-order valence-electron chi connectivity index (χ2n) is 3.47. The molecule has 0 saturated carbocycles. The molecule has 5 heteroatoms. The predicted molar refractivity (Wildman–Crippen MR) is 72.9 cm³/mol. The van der Waals surface area contributed by atoms with Crippen molar-refractivity contribution >= 4 is 40.8 Å². The summed E-state index contributed by atoms with van der Waals surface area (Å²) in [4.78, 5) is 11.8. The summed E-state index contributed by atoms with van der Waals surface area (Å²) in [5, 5.41) is 1.27. The molecule has 0 spiro atoms. The molecule has 0 aliphatic carbocycles. The molecule has 0 unspecified atom stereocenters. The van der Waals surface area contributed by atoms with Crippen molar-refractivity contribution in [2.24, 2.45) is 0 Å². The molecule has 0 aliphatic heterocycles. The number of rotatable bonds is 2. The lowest BCUT2D eigenvalue weighted by Gasteiger charge is -2.05. The summed E-state index contributed by atoms with van der Waals surface area (Å²) in [7, 11) is 0. The molecule has 18 heavy (non-hydrogen) atoms. The van der Waals surface area contributed by atoms with Gasteiger partial charge in [0.25, 0.3) is 0 Å². The Morgan fingerprint density at radius 1 is 0.889 bits per heavy atom. The normalized spacial score (nSPS) is 10.2. The van der Waals surface area contributed by atoms with Gasteiger partial charge in [-0.05, 0) is 42.5 Å². The fourth-order valence-electron chi connectivity index (χ4n) is 1.29. The fourth-order valence-corrected chi connectivity index (χ4v) is 1.72. The standard InChI is InChI=1S/C13H7Cl3O2/c14-9-2-4-10(5-3-9)18-13(17)8-1-6-11(15)12(16)7-8/h1-7H. The maximum atomic E-state index is 11.8. The number of hydrogen-bond acceptors (Lipinski definition) is 2. The Kier molecular flexibility index (Phi) is 4.12. The van der Waals surface area contributed by atoms with Gasteiger partial charge in [-0.25, -0.2) is 4.79 Å². The van der Waals surface area contributed by atoms with Gasteiger partial charge in [-0.2, -0.15) is 0 Å². The summed E-state index contributed by atoms with van der Waals surface area (Å²) in [6.45, 7) is 0. The third kappa shape index (κ3) is 3.16. The van der Waals surface area contributed by atoms with Crippen molar-refractivity contribution in [2.45, 2.75) is 0 Å². The number of esters is 1. The molecule has 2 nitrogen and oxygen atoms in total. The van der Waals surface area contributed by atoms with Gasteiger partial charge in [0.2, 0.25) is 0 Å². The zero-order chi connectivity index (χ0) is 13.1. The topological polar surface area (TPSA) is 26.3 Å². The molecule has 0 saturated heterocycles. The Hall–Kier alpha value is -1.22. The van der Waals surface area contributed by atoms with E-state index in [0.29, 0.717) is 26.4 Å². The Bertz CT molecular complexity index is 579. The highest BCUT2D eigenvalue weighted by atomic mass is 35.5. The first kappa shape index (κ1) is 13.2. The van der Waals surface area contributed by atoms with E-state index in [-0.39, 0.29) is 0 Å². The van der Waals surface area contributed by atoms with Crippen LogP contribution in [0.1, 0.15) is 10.4 Å². The van der Waals surface area contributed by atoms with E-state index in [0.717, 1.165) is 0 Å². The number of halogens is 3. The molecule has 2 rings (SSSR count). The number of carbonyl (C=O) groups is 1. The number of ether oxygens (including phenoxy) is 1. The molecular weight excluding hydrogens is 294 g/mol. The van der Waals surface area contributed by atoms with Crippen molar-refractivity contribution in [3.8, 4) is 5.75 Å². The molecule has 0 N–H and O–H groups in total. The van der Waals surface area contributed by atoms with Gasteiger partial charge in [0.05, 0.1) is 15.6 Å². The van der Waals surface area contributed by atoms with E-state index < -0.39 is 5.97 Å². The minimum absolute atomic E-state index is 0.308. The van der Waals surface area contributed by atoms with Crippen LogP contribution < -0.4 is 4.74 Å². The highest BCUT2D eigenvalue weighted by Crippen LogP contribution is 2.23. The maximum Gasteiger partial charge on any atom is 0.343 e. The Labute approximate surface area is 119 Å². The summed E-state index contributed by atoms with van der Waals surface area (Å²) in [6, 6.07) is 11.0. The van der Waals surface area contributed by atoms with Crippen LogP contribution in [-0.2, 0) is 0 Å². The lowest BCUT2D eigenvalue weighted by molar-refractivity contribution is 0.0735. The van der Waals surface area contributed by atoms with Crippen LogP contribution in [-0.4, -0.2) is 5.97 Å². The van der Waals surface area contributed by atoms with E-state index in [1.54, 1.807) is 36.4 Å². The first-order valence-corrected chi connectivity index (χ1v) is 6.12. The lowest BCUT2D eigenvalue weighted by Crippen LogP contribution is -2.08. The first-order chi connectivity index (χ1) is 8.56. The molecule has 0 heterocycles. The van der Waals surface area contributed by atoms with Gasteiger partial charge in [0.1, 0.15) is 5.75 Å². The Balaban J connectivity index is 2.16. The van der Waals surface area contributed by atoms with Crippen LogP contribution in [0.25, 0.3) is 0 Å². The van der Waals surface area contributed by atoms with Gasteiger partial charge in [0, 0.05) is 5.02 Å². The van der Waals surface area contributed by atoms with Crippen molar-refractivity contribution < 1.29 is 9.53 Å². The van der Waals surface area contributed by atoms with Crippen LogP contribution in [0.4, 0.5) is 0 Å². The first-order valence-electron chi connectivity index (χ1n) is 4.99. The Morgan fingerprint density at radius 2 is 1.56 bits per heavy atom. The molecule has 0 amide bonds. The second kappa shape index (κ2) is 5.61. The van der Waals surface area contributed by atoms with Crippen molar-refractivity contribution in [3.05, 3.63) is 63.1 Å². The smallest absolute Gasteiger partial charge is 0.343 e. The van der Waals surface area contributed by atoms with E-state index in [2.05, 4.69) is 0 Å². The summed E-state index contributed by atoms with van der Waals surface area (Å²) in [5.74, 6) is -0.0913. The molecule has 0 bridgehead atoms. The third-order valence-corrected chi connectivity index (χ3v) is 3.17. The molecule has 0 fully saturated rings. The van der Waals surface area contributed by atoms with E-state index in [1.807, 2.05) is 0 Å². The zero-order valence-electron chi connectivity index (χ0n) is 8.99. The van der Waals surface area contributed by atoms with Gasteiger partial charge < -0.3 is 4.74 Å².